The predicted octanol–water partition coefficient (Wildman–Crippen LogP) is 3.70. The molecule has 2 aliphatic carbocycles. The van der Waals surface area contributed by atoms with Gasteiger partial charge in [-0.25, -0.2) is 0 Å². The van der Waals surface area contributed by atoms with Gasteiger partial charge < -0.3 is 5.32 Å². The van der Waals surface area contributed by atoms with Crippen molar-refractivity contribution in [2.45, 2.75) is 44.6 Å². The van der Waals surface area contributed by atoms with Gasteiger partial charge in [0, 0.05) is 10.5 Å². The molecule has 0 spiro atoms. The van der Waals surface area contributed by atoms with Gasteiger partial charge in [0.25, 0.3) is 0 Å². The second-order valence-corrected chi connectivity index (χ2v) is 6.38. The third-order valence-electron chi connectivity index (χ3n) is 4.33. The maximum Gasteiger partial charge on any atom is 0.0210 e. The first-order valence-corrected chi connectivity index (χ1v) is 7.62. The van der Waals surface area contributed by atoms with Crippen molar-refractivity contribution in [3.8, 4) is 0 Å². The topological polar surface area (TPSA) is 12.0 Å². The van der Waals surface area contributed by atoms with E-state index in [1.54, 1.807) is 11.1 Å². The lowest BCUT2D eigenvalue weighted by Crippen LogP contribution is -2.39. The van der Waals surface area contributed by atoms with E-state index >= 15 is 0 Å². The molecule has 0 saturated heterocycles. The molecule has 0 amide bonds. The zero-order valence-corrected chi connectivity index (χ0v) is 11.8. The molecule has 0 heterocycles. The molecule has 1 fully saturated rings. The SMILES string of the molecule is Brc1cccc2c1CCC(CNC1CCC1)C2. The van der Waals surface area contributed by atoms with Gasteiger partial charge in [0.2, 0.25) is 0 Å². The van der Waals surface area contributed by atoms with Gasteiger partial charge in [-0.2, -0.15) is 0 Å². The van der Waals surface area contributed by atoms with E-state index in [0.717, 1.165) is 12.0 Å². The summed E-state index contributed by atoms with van der Waals surface area (Å²) >= 11 is 3.67. The van der Waals surface area contributed by atoms with E-state index in [4.69, 9.17) is 0 Å². The summed E-state index contributed by atoms with van der Waals surface area (Å²) in [7, 11) is 0. The molecule has 0 aliphatic heterocycles. The highest BCUT2D eigenvalue weighted by Gasteiger charge is 2.22. The Balaban J connectivity index is 1.60. The number of halogens is 1. The Morgan fingerprint density at radius 2 is 2.12 bits per heavy atom. The highest BCUT2D eigenvalue weighted by molar-refractivity contribution is 9.10. The molecule has 1 saturated carbocycles. The van der Waals surface area contributed by atoms with Gasteiger partial charge in [-0.3, -0.25) is 0 Å². The number of hydrogen-bond acceptors (Lipinski definition) is 1. The lowest BCUT2D eigenvalue weighted by molar-refractivity contribution is 0.305. The molecule has 1 unspecified atom stereocenters. The maximum absolute atomic E-state index is 3.72. The largest absolute Gasteiger partial charge is 0.314 e. The van der Waals surface area contributed by atoms with Crippen molar-refractivity contribution in [2.75, 3.05) is 6.54 Å². The molecule has 0 radical (unpaired) electrons. The Morgan fingerprint density at radius 3 is 2.88 bits per heavy atom. The van der Waals surface area contributed by atoms with Crippen LogP contribution in [0.15, 0.2) is 22.7 Å². The van der Waals surface area contributed by atoms with Crippen molar-refractivity contribution in [2.24, 2.45) is 5.92 Å². The van der Waals surface area contributed by atoms with Crippen LogP contribution < -0.4 is 5.32 Å². The Morgan fingerprint density at radius 1 is 1.24 bits per heavy atom. The molecular formula is C15H20BrN. The summed E-state index contributed by atoms with van der Waals surface area (Å²) in [5.41, 5.74) is 3.11. The second-order valence-electron chi connectivity index (χ2n) is 5.52. The van der Waals surface area contributed by atoms with Crippen LogP contribution in [-0.2, 0) is 12.8 Å². The number of benzene rings is 1. The summed E-state index contributed by atoms with van der Waals surface area (Å²) in [6.45, 7) is 1.22. The quantitative estimate of drug-likeness (QED) is 0.896. The van der Waals surface area contributed by atoms with E-state index in [9.17, 15) is 0 Å². The van der Waals surface area contributed by atoms with Crippen molar-refractivity contribution in [1.29, 1.82) is 0 Å². The summed E-state index contributed by atoms with van der Waals surface area (Å²) in [6, 6.07) is 7.48. The van der Waals surface area contributed by atoms with Crippen LogP contribution in [0, 0.1) is 5.92 Å². The fourth-order valence-corrected chi connectivity index (χ4v) is 3.56. The fourth-order valence-electron chi connectivity index (χ4n) is 2.96. The van der Waals surface area contributed by atoms with Crippen molar-refractivity contribution in [3.63, 3.8) is 0 Å². The molecule has 3 rings (SSSR count). The molecule has 1 atom stereocenters. The molecule has 0 bridgehead atoms. The molecule has 1 aromatic carbocycles. The third-order valence-corrected chi connectivity index (χ3v) is 5.07. The van der Waals surface area contributed by atoms with E-state index in [1.807, 2.05) is 0 Å². The normalized spacial score (nSPS) is 24.2. The molecule has 1 aromatic rings. The monoisotopic (exact) mass is 293 g/mol. The van der Waals surface area contributed by atoms with Crippen molar-refractivity contribution in [3.05, 3.63) is 33.8 Å². The van der Waals surface area contributed by atoms with E-state index < -0.39 is 0 Å². The molecule has 0 aromatic heterocycles. The summed E-state index contributed by atoms with van der Waals surface area (Å²) < 4.78 is 1.31. The van der Waals surface area contributed by atoms with Crippen molar-refractivity contribution >= 4 is 15.9 Å². The number of rotatable bonds is 3. The van der Waals surface area contributed by atoms with Crippen LogP contribution >= 0.6 is 15.9 Å². The van der Waals surface area contributed by atoms with E-state index in [2.05, 4.69) is 39.4 Å². The van der Waals surface area contributed by atoms with Crippen LogP contribution in [-0.4, -0.2) is 12.6 Å². The highest BCUT2D eigenvalue weighted by atomic mass is 79.9. The van der Waals surface area contributed by atoms with Gasteiger partial charge in [-0.1, -0.05) is 34.5 Å². The van der Waals surface area contributed by atoms with Gasteiger partial charge in [0.15, 0.2) is 0 Å². The Hall–Kier alpha value is -0.340. The van der Waals surface area contributed by atoms with Crippen LogP contribution in [0.1, 0.15) is 36.8 Å². The minimum absolute atomic E-state index is 0.832. The molecule has 17 heavy (non-hydrogen) atoms. The van der Waals surface area contributed by atoms with E-state index in [1.165, 1.54) is 49.5 Å². The van der Waals surface area contributed by atoms with Gasteiger partial charge in [-0.05, 0) is 61.8 Å². The van der Waals surface area contributed by atoms with Crippen LogP contribution in [0.2, 0.25) is 0 Å². The highest BCUT2D eigenvalue weighted by Crippen LogP contribution is 2.30. The Labute approximate surface area is 112 Å². The van der Waals surface area contributed by atoms with Gasteiger partial charge >= 0.3 is 0 Å². The standard InChI is InChI=1S/C15H20BrN/c16-15-6-1-3-12-9-11(7-8-14(12)15)10-17-13-4-2-5-13/h1,3,6,11,13,17H,2,4-5,7-10H2. The molecule has 2 aliphatic rings. The predicted molar refractivity (Wildman–Crippen MR) is 75.3 cm³/mol. The van der Waals surface area contributed by atoms with Crippen molar-refractivity contribution in [1.82, 2.24) is 5.32 Å². The zero-order chi connectivity index (χ0) is 11.7. The molecule has 1 nitrogen and oxygen atoms in total. The maximum atomic E-state index is 3.72. The van der Waals surface area contributed by atoms with Crippen LogP contribution in [0.5, 0.6) is 0 Å². The fraction of sp³-hybridized carbons (Fsp3) is 0.600. The zero-order valence-electron chi connectivity index (χ0n) is 10.2. The summed E-state index contributed by atoms with van der Waals surface area (Å²) in [5, 5.41) is 3.72. The number of fused-ring (bicyclic) bond motifs is 1. The van der Waals surface area contributed by atoms with E-state index in [-0.39, 0.29) is 0 Å². The smallest absolute Gasteiger partial charge is 0.0210 e. The minimum Gasteiger partial charge on any atom is -0.314 e. The van der Waals surface area contributed by atoms with Gasteiger partial charge in [0.1, 0.15) is 0 Å². The number of nitrogens with one attached hydrogen (secondary N) is 1. The number of hydrogen-bond donors (Lipinski definition) is 1. The molecule has 1 N–H and O–H groups in total. The lowest BCUT2D eigenvalue weighted by atomic mass is 9.83. The average molecular weight is 294 g/mol. The van der Waals surface area contributed by atoms with Crippen LogP contribution in [0.25, 0.3) is 0 Å². The minimum atomic E-state index is 0.832. The van der Waals surface area contributed by atoms with Gasteiger partial charge in [-0.15, -0.1) is 0 Å². The first-order chi connectivity index (χ1) is 8.33. The Bertz CT molecular complexity index is 398. The van der Waals surface area contributed by atoms with Crippen molar-refractivity contribution < 1.29 is 0 Å². The van der Waals surface area contributed by atoms with Gasteiger partial charge in [0.05, 0.1) is 0 Å². The summed E-state index contributed by atoms with van der Waals surface area (Å²) in [6.07, 6.45) is 8.07. The first kappa shape index (κ1) is 11.7. The van der Waals surface area contributed by atoms with Crippen LogP contribution in [0.4, 0.5) is 0 Å². The molecular weight excluding hydrogens is 274 g/mol. The summed E-state index contributed by atoms with van der Waals surface area (Å²) in [4.78, 5) is 0. The first-order valence-electron chi connectivity index (χ1n) is 6.82. The Kier molecular flexibility index (Phi) is 3.53. The van der Waals surface area contributed by atoms with E-state index in [0.29, 0.717) is 0 Å². The van der Waals surface area contributed by atoms with Crippen LogP contribution in [0.3, 0.4) is 0 Å². The molecule has 92 valence electrons. The second kappa shape index (κ2) is 5.11. The molecule has 2 heteroatoms. The lowest BCUT2D eigenvalue weighted by Gasteiger charge is -2.31. The third kappa shape index (κ3) is 2.58. The average Bonchev–Trinajstić information content (AvgIpc) is 2.27. The summed E-state index contributed by atoms with van der Waals surface area (Å²) in [5.74, 6) is 0.845.